The van der Waals surface area contributed by atoms with E-state index in [1.165, 1.54) is 29.5 Å². The predicted octanol–water partition coefficient (Wildman–Crippen LogP) is 3.77. The number of aryl methyl sites for hydroxylation is 3. The summed E-state index contributed by atoms with van der Waals surface area (Å²) in [5, 5.41) is 10.4. The first-order chi connectivity index (χ1) is 8.95. The molecule has 108 valence electrons. The molecule has 0 radical (unpaired) electrons. The maximum absolute atomic E-state index is 10.4. The van der Waals surface area contributed by atoms with Crippen molar-refractivity contribution in [3.63, 3.8) is 0 Å². The average Bonchev–Trinajstić information content (AvgIpc) is 2.32. The molecule has 0 saturated heterocycles. The second-order valence-electron chi connectivity index (χ2n) is 5.77. The monoisotopic (exact) mass is 263 g/mol. The summed E-state index contributed by atoms with van der Waals surface area (Å²) in [4.78, 5) is 2.31. The van der Waals surface area contributed by atoms with Gasteiger partial charge < -0.3 is 10.0 Å². The maximum atomic E-state index is 10.4. The van der Waals surface area contributed by atoms with Crippen molar-refractivity contribution in [1.82, 2.24) is 4.90 Å². The molecule has 2 heteroatoms. The SMILES string of the molecule is CCCCN(C)CCC(O)c1c(C)cc(C)cc1C. The van der Waals surface area contributed by atoms with Crippen molar-refractivity contribution < 1.29 is 5.11 Å². The number of hydrogen-bond donors (Lipinski definition) is 1. The lowest BCUT2D eigenvalue weighted by atomic mass is 9.94. The van der Waals surface area contributed by atoms with Gasteiger partial charge in [-0.2, -0.15) is 0 Å². The van der Waals surface area contributed by atoms with Gasteiger partial charge in [0.05, 0.1) is 6.10 Å². The average molecular weight is 263 g/mol. The summed E-state index contributed by atoms with van der Waals surface area (Å²) < 4.78 is 0. The fourth-order valence-electron chi connectivity index (χ4n) is 2.74. The zero-order valence-corrected chi connectivity index (χ0v) is 13.2. The molecule has 1 unspecified atom stereocenters. The maximum Gasteiger partial charge on any atom is 0.0807 e. The summed E-state index contributed by atoms with van der Waals surface area (Å²) in [5.74, 6) is 0. The molecule has 0 aliphatic heterocycles. The Morgan fingerprint density at radius 2 is 1.68 bits per heavy atom. The summed E-state index contributed by atoms with van der Waals surface area (Å²) in [6.07, 6.45) is 2.92. The molecular formula is C17H29NO. The molecule has 0 amide bonds. The Morgan fingerprint density at radius 1 is 1.11 bits per heavy atom. The van der Waals surface area contributed by atoms with Crippen molar-refractivity contribution >= 4 is 0 Å². The molecule has 0 aromatic heterocycles. The van der Waals surface area contributed by atoms with Gasteiger partial charge in [0.1, 0.15) is 0 Å². The highest BCUT2D eigenvalue weighted by molar-refractivity contribution is 5.38. The van der Waals surface area contributed by atoms with Crippen LogP contribution in [0.2, 0.25) is 0 Å². The van der Waals surface area contributed by atoms with Crippen LogP contribution in [0.25, 0.3) is 0 Å². The van der Waals surface area contributed by atoms with Crippen molar-refractivity contribution in [3.8, 4) is 0 Å². The third-order valence-corrected chi connectivity index (χ3v) is 3.75. The summed E-state index contributed by atoms with van der Waals surface area (Å²) in [5.41, 5.74) is 4.81. The number of unbranched alkanes of at least 4 members (excludes halogenated alkanes) is 1. The minimum atomic E-state index is -0.343. The molecule has 0 aliphatic rings. The van der Waals surface area contributed by atoms with Crippen molar-refractivity contribution in [3.05, 3.63) is 34.4 Å². The van der Waals surface area contributed by atoms with Crippen LogP contribution in [0.15, 0.2) is 12.1 Å². The minimum Gasteiger partial charge on any atom is -0.388 e. The molecule has 0 aliphatic carbocycles. The first kappa shape index (κ1) is 16.2. The van der Waals surface area contributed by atoms with E-state index in [0.717, 1.165) is 25.1 Å². The molecule has 0 fully saturated rings. The summed E-state index contributed by atoms with van der Waals surface area (Å²) >= 11 is 0. The van der Waals surface area contributed by atoms with Gasteiger partial charge in [-0.3, -0.25) is 0 Å². The topological polar surface area (TPSA) is 23.5 Å². The third kappa shape index (κ3) is 4.96. The molecule has 0 saturated carbocycles. The van der Waals surface area contributed by atoms with Crippen molar-refractivity contribution in [2.24, 2.45) is 0 Å². The molecule has 0 spiro atoms. The van der Waals surface area contributed by atoms with Crippen LogP contribution >= 0.6 is 0 Å². The van der Waals surface area contributed by atoms with E-state index in [1.54, 1.807) is 0 Å². The highest BCUT2D eigenvalue weighted by Crippen LogP contribution is 2.25. The minimum absolute atomic E-state index is 0.343. The van der Waals surface area contributed by atoms with Crippen molar-refractivity contribution in [2.75, 3.05) is 20.1 Å². The number of rotatable bonds is 7. The van der Waals surface area contributed by atoms with E-state index in [1.807, 2.05) is 0 Å². The van der Waals surface area contributed by atoms with Gasteiger partial charge in [-0.05, 0) is 63.9 Å². The normalized spacial score (nSPS) is 13.0. The van der Waals surface area contributed by atoms with E-state index in [0.29, 0.717) is 0 Å². The number of aliphatic hydroxyl groups excluding tert-OH is 1. The van der Waals surface area contributed by atoms with Crippen LogP contribution < -0.4 is 0 Å². The second-order valence-corrected chi connectivity index (χ2v) is 5.77. The predicted molar refractivity (Wildman–Crippen MR) is 82.6 cm³/mol. The van der Waals surface area contributed by atoms with E-state index < -0.39 is 0 Å². The summed E-state index contributed by atoms with van der Waals surface area (Å²) in [6.45, 7) is 10.6. The van der Waals surface area contributed by atoms with E-state index >= 15 is 0 Å². The van der Waals surface area contributed by atoms with Crippen LogP contribution in [0.5, 0.6) is 0 Å². The lowest BCUT2D eigenvalue weighted by Gasteiger charge is -2.21. The van der Waals surface area contributed by atoms with Gasteiger partial charge in [-0.1, -0.05) is 31.0 Å². The lowest BCUT2D eigenvalue weighted by molar-refractivity contribution is 0.147. The number of aliphatic hydroxyl groups is 1. The molecule has 1 aromatic carbocycles. The second kappa shape index (κ2) is 7.66. The molecule has 2 nitrogen and oxygen atoms in total. The Balaban J connectivity index is 2.61. The molecule has 1 rings (SSSR count). The molecule has 0 heterocycles. The van der Waals surface area contributed by atoms with Gasteiger partial charge in [0, 0.05) is 6.54 Å². The molecule has 19 heavy (non-hydrogen) atoms. The Labute approximate surface area is 118 Å². The zero-order valence-electron chi connectivity index (χ0n) is 13.2. The fourth-order valence-corrected chi connectivity index (χ4v) is 2.74. The van der Waals surface area contributed by atoms with E-state index in [9.17, 15) is 5.11 Å². The highest BCUT2D eigenvalue weighted by Gasteiger charge is 2.14. The van der Waals surface area contributed by atoms with Gasteiger partial charge in [0.2, 0.25) is 0 Å². The van der Waals surface area contributed by atoms with Gasteiger partial charge in [-0.25, -0.2) is 0 Å². The molecular weight excluding hydrogens is 234 g/mol. The molecule has 1 aromatic rings. The standard InChI is InChI=1S/C17H29NO/c1-6-7-9-18(5)10-8-16(19)17-14(3)11-13(2)12-15(17)4/h11-12,16,19H,6-10H2,1-5H3. The number of benzene rings is 1. The first-order valence-electron chi connectivity index (χ1n) is 7.40. The van der Waals surface area contributed by atoms with Crippen molar-refractivity contribution in [1.29, 1.82) is 0 Å². The molecule has 1 N–H and O–H groups in total. The summed E-state index contributed by atoms with van der Waals surface area (Å²) in [6, 6.07) is 4.32. The van der Waals surface area contributed by atoms with Crippen LogP contribution in [0.3, 0.4) is 0 Å². The molecule has 0 bridgehead atoms. The Bertz CT molecular complexity index is 377. The molecule has 1 atom stereocenters. The van der Waals surface area contributed by atoms with Gasteiger partial charge in [-0.15, -0.1) is 0 Å². The van der Waals surface area contributed by atoms with Gasteiger partial charge in [0.25, 0.3) is 0 Å². The zero-order chi connectivity index (χ0) is 14.4. The van der Waals surface area contributed by atoms with Crippen LogP contribution in [0.4, 0.5) is 0 Å². The van der Waals surface area contributed by atoms with Gasteiger partial charge >= 0.3 is 0 Å². The Morgan fingerprint density at radius 3 is 2.21 bits per heavy atom. The quantitative estimate of drug-likeness (QED) is 0.809. The lowest BCUT2D eigenvalue weighted by Crippen LogP contribution is -2.22. The highest BCUT2D eigenvalue weighted by atomic mass is 16.3. The van der Waals surface area contributed by atoms with Crippen LogP contribution in [0.1, 0.15) is 54.5 Å². The van der Waals surface area contributed by atoms with Crippen LogP contribution in [-0.4, -0.2) is 30.1 Å². The van der Waals surface area contributed by atoms with E-state index in [2.05, 4.69) is 51.8 Å². The largest absolute Gasteiger partial charge is 0.388 e. The fraction of sp³-hybridized carbons (Fsp3) is 0.647. The Hall–Kier alpha value is -0.860. The van der Waals surface area contributed by atoms with Crippen molar-refractivity contribution in [2.45, 2.75) is 53.1 Å². The van der Waals surface area contributed by atoms with E-state index in [4.69, 9.17) is 0 Å². The van der Waals surface area contributed by atoms with E-state index in [-0.39, 0.29) is 6.10 Å². The van der Waals surface area contributed by atoms with Crippen LogP contribution in [-0.2, 0) is 0 Å². The Kier molecular flexibility index (Phi) is 6.53. The summed E-state index contributed by atoms with van der Waals surface area (Å²) in [7, 11) is 2.14. The third-order valence-electron chi connectivity index (χ3n) is 3.75. The van der Waals surface area contributed by atoms with Crippen LogP contribution in [0, 0.1) is 20.8 Å². The number of nitrogens with zero attached hydrogens (tertiary/aromatic N) is 1. The first-order valence-corrected chi connectivity index (χ1v) is 7.40. The van der Waals surface area contributed by atoms with Gasteiger partial charge in [0.15, 0.2) is 0 Å². The number of hydrogen-bond acceptors (Lipinski definition) is 2. The smallest absolute Gasteiger partial charge is 0.0807 e.